The van der Waals surface area contributed by atoms with E-state index in [9.17, 15) is 4.79 Å². The summed E-state index contributed by atoms with van der Waals surface area (Å²) in [5.74, 6) is 0.394. The smallest absolute Gasteiger partial charge is 0.180 e. The molecule has 1 rings (SSSR count). The molecule has 1 unspecified atom stereocenters. The quantitative estimate of drug-likeness (QED) is 0.592. The first-order valence-electron chi connectivity index (χ1n) is 4.07. The van der Waals surface area contributed by atoms with Crippen molar-refractivity contribution in [2.45, 2.75) is 12.3 Å². The predicted octanol–water partition coefficient (Wildman–Crippen LogP) is 3.16. The number of methoxy groups -OCH3 is 1. The van der Waals surface area contributed by atoms with Crippen molar-refractivity contribution in [3.05, 3.63) is 28.8 Å². The van der Waals surface area contributed by atoms with Gasteiger partial charge in [0.05, 0.1) is 12.5 Å². The van der Waals surface area contributed by atoms with Crippen LogP contribution in [0, 0.1) is 0 Å². The molecule has 14 heavy (non-hydrogen) atoms. The maximum Gasteiger partial charge on any atom is 0.180 e. The van der Waals surface area contributed by atoms with Crippen molar-refractivity contribution in [2.24, 2.45) is 0 Å². The van der Waals surface area contributed by atoms with Gasteiger partial charge in [0.15, 0.2) is 5.78 Å². The number of hydrogen-bond donors (Lipinski definition) is 0. The van der Waals surface area contributed by atoms with Gasteiger partial charge >= 0.3 is 0 Å². The lowest BCUT2D eigenvalue weighted by Gasteiger charge is -2.06. The Morgan fingerprint density at radius 1 is 1.43 bits per heavy atom. The molecular formula is C10H10Cl2O2. The lowest BCUT2D eigenvalue weighted by atomic mass is 10.1. The molecule has 2 nitrogen and oxygen atoms in total. The van der Waals surface area contributed by atoms with Gasteiger partial charge in [-0.15, -0.1) is 11.6 Å². The van der Waals surface area contributed by atoms with Gasteiger partial charge in [-0.25, -0.2) is 0 Å². The van der Waals surface area contributed by atoms with Crippen LogP contribution in [-0.2, 0) is 0 Å². The van der Waals surface area contributed by atoms with Crippen molar-refractivity contribution in [3.63, 3.8) is 0 Å². The average Bonchev–Trinajstić information content (AvgIpc) is 2.15. The molecule has 0 bridgehead atoms. The third-order valence-electron chi connectivity index (χ3n) is 1.75. The summed E-state index contributed by atoms with van der Waals surface area (Å²) in [5.41, 5.74) is 0.469. The molecule has 1 atom stereocenters. The van der Waals surface area contributed by atoms with Gasteiger partial charge in [0.25, 0.3) is 0 Å². The number of Topliss-reactive ketones (excluding diaryl/α,β-unsaturated/α-hetero) is 1. The van der Waals surface area contributed by atoms with E-state index in [1.165, 1.54) is 7.11 Å². The van der Waals surface area contributed by atoms with Crippen LogP contribution in [0.3, 0.4) is 0 Å². The van der Waals surface area contributed by atoms with Crippen LogP contribution in [0.15, 0.2) is 18.2 Å². The maximum absolute atomic E-state index is 11.5. The van der Waals surface area contributed by atoms with E-state index in [0.29, 0.717) is 16.3 Å². The van der Waals surface area contributed by atoms with Crippen molar-refractivity contribution < 1.29 is 9.53 Å². The highest BCUT2D eigenvalue weighted by Gasteiger charge is 2.13. The van der Waals surface area contributed by atoms with Crippen molar-refractivity contribution in [1.29, 1.82) is 0 Å². The second-order valence-corrected chi connectivity index (χ2v) is 3.95. The number of benzene rings is 1. The van der Waals surface area contributed by atoms with Gasteiger partial charge in [-0.05, 0) is 25.1 Å². The average molecular weight is 233 g/mol. The molecule has 0 heterocycles. The highest BCUT2D eigenvalue weighted by Crippen LogP contribution is 2.22. The Kier molecular flexibility index (Phi) is 3.78. The minimum atomic E-state index is -0.557. The van der Waals surface area contributed by atoms with Gasteiger partial charge in [0, 0.05) is 10.6 Å². The second-order valence-electron chi connectivity index (χ2n) is 2.86. The molecule has 1 aromatic carbocycles. The van der Waals surface area contributed by atoms with Crippen LogP contribution in [0.25, 0.3) is 0 Å². The molecule has 0 amide bonds. The lowest BCUT2D eigenvalue weighted by Crippen LogP contribution is -2.10. The predicted molar refractivity (Wildman–Crippen MR) is 57.6 cm³/mol. The van der Waals surface area contributed by atoms with Crippen molar-refractivity contribution >= 4 is 29.0 Å². The number of rotatable bonds is 3. The molecule has 1 aromatic rings. The first-order chi connectivity index (χ1) is 6.54. The standard InChI is InChI=1S/C10H10Cl2O2/c1-6(11)10(13)7-3-8(12)5-9(4-7)14-2/h3-6H,1-2H3. The van der Waals surface area contributed by atoms with Crippen LogP contribution in [0.2, 0.25) is 5.02 Å². The van der Waals surface area contributed by atoms with Crippen LogP contribution in [-0.4, -0.2) is 18.3 Å². The van der Waals surface area contributed by atoms with Crippen molar-refractivity contribution in [1.82, 2.24) is 0 Å². The molecule has 4 heteroatoms. The zero-order valence-corrected chi connectivity index (χ0v) is 9.39. The van der Waals surface area contributed by atoms with Crippen LogP contribution in [0.5, 0.6) is 5.75 Å². The van der Waals surface area contributed by atoms with Gasteiger partial charge in [0.2, 0.25) is 0 Å². The third kappa shape index (κ3) is 2.63. The summed E-state index contributed by atoms with van der Waals surface area (Å²) in [7, 11) is 1.52. The van der Waals surface area contributed by atoms with Crippen molar-refractivity contribution in [2.75, 3.05) is 7.11 Å². The van der Waals surface area contributed by atoms with Crippen LogP contribution in [0.4, 0.5) is 0 Å². The molecule has 0 radical (unpaired) electrons. The molecule has 0 N–H and O–H groups in total. The fraction of sp³-hybridized carbons (Fsp3) is 0.300. The molecule has 0 spiro atoms. The van der Waals surface area contributed by atoms with Crippen LogP contribution in [0.1, 0.15) is 17.3 Å². The third-order valence-corrected chi connectivity index (χ3v) is 2.17. The van der Waals surface area contributed by atoms with E-state index in [4.69, 9.17) is 27.9 Å². The minimum Gasteiger partial charge on any atom is -0.497 e. The van der Waals surface area contributed by atoms with E-state index in [1.807, 2.05) is 0 Å². The summed E-state index contributed by atoms with van der Waals surface area (Å²) in [5, 5.41) is -0.0943. The maximum atomic E-state index is 11.5. The number of carbonyl (C=O) groups excluding carboxylic acids is 1. The number of ketones is 1. The van der Waals surface area contributed by atoms with E-state index < -0.39 is 5.38 Å². The first kappa shape index (κ1) is 11.3. The zero-order chi connectivity index (χ0) is 10.7. The Labute approximate surface area is 92.8 Å². The monoisotopic (exact) mass is 232 g/mol. The summed E-state index contributed by atoms with van der Waals surface area (Å²) in [6, 6.07) is 4.83. The Morgan fingerprint density at radius 2 is 2.07 bits per heavy atom. The molecule has 0 aliphatic carbocycles. The molecular weight excluding hydrogens is 223 g/mol. The molecule has 0 aliphatic rings. The van der Waals surface area contributed by atoms with E-state index in [2.05, 4.69) is 0 Å². The number of alkyl halides is 1. The van der Waals surface area contributed by atoms with Gasteiger partial charge in [-0.1, -0.05) is 11.6 Å². The lowest BCUT2D eigenvalue weighted by molar-refractivity contribution is 0.0991. The van der Waals surface area contributed by atoms with Gasteiger partial charge < -0.3 is 4.74 Å². The summed E-state index contributed by atoms with van der Waals surface area (Å²) in [6.45, 7) is 1.62. The number of halogens is 2. The van der Waals surface area contributed by atoms with Crippen molar-refractivity contribution in [3.8, 4) is 5.75 Å². The van der Waals surface area contributed by atoms with Gasteiger partial charge in [0.1, 0.15) is 5.75 Å². The Hall–Kier alpha value is -0.730. The first-order valence-corrected chi connectivity index (χ1v) is 4.89. The number of ether oxygens (including phenoxy) is 1. The highest BCUT2D eigenvalue weighted by atomic mass is 35.5. The molecule has 0 saturated carbocycles. The van der Waals surface area contributed by atoms with E-state index in [0.717, 1.165) is 0 Å². The zero-order valence-electron chi connectivity index (χ0n) is 7.88. The summed E-state index contributed by atoms with van der Waals surface area (Å²) < 4.78 is 4.99. The van der Waals surface area contributed by atoms with E-state index in [-0.39, 0.29) is 5.78 Å². The highest BCUT2D eigenvalue weighted by molar-refractivity contribution is 6.34. The SMILES string of the molecule is COc1cc(Cl)cc(C(=O)C(C)Cl)c1. The summed E-state index contributed by atoms with van der Waals surface area (Å²) >= 11 is 11.5. The Balaban J connectivity index is 3.09. The largest absolute Gasteiger partial charge is 0.497 e. The van der Waals surface area contributed by atoms with Gasteiger partial charge in [-0.2, -0.15) is 0 Å². The Morgan fingerprint density at radius 3 is 2.57 bits per heavy atom. The fourth-order valence-electron chi connectivity index (χ4n) is 1.05. The summed E-state index contributed by atoms with van der Waals surface area (Å²) in [6.07, 6.45) is 0. The fourth-order valence-corrected chi connectivity index (χ4v) is 1.40. The second kappa shape index (κ2) is 4.67. The van der Waals surface area contributed by atoms with Crippen LogP contribution >= 0.6 is 23.2 Å². The molecule has 0 aromatic heterocycles. The molecule has 0 fully saturated rings. The molecule has 0 saturated heterocycles. The van der Waals surface area contributed by atoms with E-state index in [1.54, 1.807) is 25.1 Å². The summed E-state index contributed by atoms with van der Waals surface area (Å²) in [4.78, 5) is 11.5. The van der Waals surface area contributed by atoms with Crippen LogP contribution < -0.4 is 4.74 Å². The van der Waals surface area contributed by atoms with Gasteiger partial charge in [-0.3, -0.25) is 4.79 Å². The molecule has 0 aliphatic heterocycles. The minimum absolute atomic E-state index is 0.160. The number of hydrogen-bond acceptors (Lipinski definition) is 2. The van der Waals surface area contributed by atoms with E-state index >= 15 is 0 Å². The topological polar surface area (TPSA) is 26.3 Å². The molecule has 76 valence electrons. The Bertz CT molecular complexity index is 348. The number of carbonyl (C=O) groups is 1. The normalized spacial score (nSPS) is 12.3.